The van der Waals surface area contributed by atoms with E-state index in [1.165, 1.54) is 0 Å². The highest BCUT2D eigenvalue weighted by Crippen LogP contribution is 2.34. The Morgan fingerprint density at radius 2 is 2.00 bits per heavy atom. The maximum absolute atomic E-state index is 12.6. The van der Waals surface area contributed by atoms with Crippen LogP contribution >= 0.6 is 11.6 Å². The largest absolute Gasteiger partial charge is 0.418 e. The van der Waals surface area contributed by atoms with E-state index >= 15 is 0 Å². The zero-order valence-corrected chi connectivity index (χ0v) is 8.36. The maximum atomic E-state index is 12.6. The summed E-state index contributed by atoms with van der Waals surface area (Å²) in [6, 6.07) is 1.90. The second kappa shape index (κ2) is 3.48. The molecule has 0 saturated carbocycles. The molecular weight excluding hydrogens is 245 g/mol. The van der Waals surface area contributed by atoms with Crippen molar-refractivity contribution in [2.45, 2.75) is 6.18 Å². The summed E-state index contributed by atoms with van der Waals surface area (Å²) in [5.41, 5.74) is -2.07. The number of aromatic nitrogens is 2. The van der Waals surface area contributed by atoms with Crippen LogP contribution < -0.4 is 5.56 Å². The number of halogens is 4. The summed E-state index contributed by atoms with van der Waals surface area (Å²) in [4.78, 5) is 17.0. The highest BCUT2D eigenvalue weighted by Gasteiger charge is 2.34. The first-order chi connectivity index (χ1) is 7.39. The van der Waals surface area contributed by atoms with Crippen molar-refractivity contribution in [2.24, 2.45) is 0 Å². The number of alkyl halides is 3. The van der Waals surface area contributed by atoms with E-state index in [9.17, 15) is 18.0 Å². The molecule has 1 heterocycles. The Kier molecular flexibility index (Phi) is 2.38. The average molecular weight is 249 g/mol. The molecule has 0 bridgehead atoms. The Labute approximate surface area is 91.9 Å². The molecule has 1 aromatic carbocycles. The first-order valence-corrected chi connectivity index (χ1v) is 4.51. The van der Waals surface area contributed by atoms with Crippen LogP contribution in [0.15, 0.2) is 23.3 Å². The summed E-state index contributed by atoms with van der Waals surface area (Å²) in [7, 11) is 0. The van der Waals surface area contributed by atoms with E-state index in [-0.39, 0.29) is 10.4 Å². The molecule has 0 aliphatic carbocycles. The third-order valence-electron chi connectivity index (χ3n) is 2.01. The smallest absolute Gasteiger partial charge is 0.313 e. The van der Waals surface area contributed by atoms with Gasteiger partial charge < -0.3 is 4.98 Å². The van der Waals surface area contributed by atoms with Crippen LogP contribution in [0.2, 0.25) is 5.02 Å². The highest BCUT2D eigenvalue weighted by molar-refractivity contribution is 6.31. The molecule has 0 aliphatic heterocycles. The monoisotopic (exact) mass is 248 g/mol. The van der Waals surface area contributed by atoms with E-state index in [0.29, 0.717) is 0 Å². The van der Waals surface area contributed by atoms with Crippen molar-refractivity contribution in [1.29, 1.82) is 0 Å². The summed E-state index contributed by atoms with van der Waals surface area (Å²) in [5.74, 6) is 0. The van der Waals surface area contributed by atoms with Crippen LogP contribution in [0.5, 0.6) is 0 Å². The molecule has 1 N–H and O–H groups in total. The highest BCUT2D eigenvalue weighted by atomic mass is 35.5. The van der Waals surface area contributed by atoms with Gasteiger partial charge in [0.25, 0.3) is 5.56 Å². The molecule has 0 aliphatic rings. The molecule has 0 saturated heterocycles. The minimum atomic E-state index is -4.59. The molecule has 0 radical (unpaired) electrons. The summed E-state index contributed by atoms with van der Waals surface area (Å²) in [5, 5.41) is -0.333. The fraction of sp³-hybridized carbons (Fsp3) is 0.111. The van der Waals surface area contributed by atoms with Gasteiger partial charge in [0, 0.05) is 5.02 Å². The van der Waals surface area contributed by atoms with Gasteiger partial charge in [-0.2, -0.15) is 13.2 Å². The van der Waals surface area contributed by atoms with Crippen LogP contribution in [0.3, 0.4) is 0 Å². The van der Waals surface area contributed by atoms with Gasteiger partial charge in [0.15, 0.2) is 0 Å². The minimum Gasteiger partial charge on any atom is -0.313 e. The Hall–Kier alpha value is -1.56. The molecular formula is C9H4ClF3N2O. The van der Waals surface area contributed by atoms with Crippen LogP contribution in [-0.4, -0.2) is 9.97 Å². The van der Waals surface area contributed by atoms with Crippen molar-refractivity contribution in [3.63, 3.8) is 0 Å². The average Bonchev–Trinajstić information content (AvgIpc) is 2.17. The topological polar surface area (TPSA) is 45.8 Å². The molecule has 3 nitrogen and oxygen atoms in total. The van der Waals surface area contributed by atoms with E-state index in [0.717, 1.165) is 18.5 Å². The maximum Gasteiger partial charge on any atom is 0.418 e. The number of nitrogens with one attached hydrogen (secondary N) is 1. The molecule has 7 heteroatoms. The van der Waals surface area contributed by atoms with Gasteiger partial charge in [-0.25, -0.2) is 4.98 Å². The summed E-state index contributed by atoms with van der Waals surface area (Å²) in [6.07, 6.45) is -3.67. The summed E-state index contributed by atoms with van der Waals surface area (Å²) in [6.45, 7) is 0. The SMILES string of the molecule is O=c1[nH]cnc2c(C(F)(F)F)cc(Cl)cc12. The Balaban J connectivity index is 2.95. The van der Waals surface area contributed by atoms with Crippen molar-refractivity contribution in [3.05, 3.63) is 39.4 Å². The number of aromatic amines is 1. The van der Waals surface area contributed by atoms with Crippen molar-refractivity contribution in [3.8, 4) is 0 Å². The van der Waals surface area contributed by atoms with Crippen molar-refractivity contribution in [1.82, 2.24) is 9.97 Å². The molecule has 16 heavy (non-hydrogen) atoms. The van der Waals surface area contributed by atoms with Gasteiger partial charge in [-0.05, 0) is 12.1 Å². The lowest BCUT2D eigenvalue weighted by molar-refractivity contribution is -0.136. The Morgan fingerprint density at radius 3 is 2.62 bits per heavy atom. The van der Waals surface area contributed by atoms with Gasteiger partial charge in [0.2, 0.25) is 0 Å². The molecule has 0 atom stereocenters. The number of rotatable bonds is 0. The molecule has 0 amide bonds. The van der Waals surface area contributed by atoms with Crippen molar-refractivity contribution in [2.75, 3.05) is 0 Å². The fourth-order valence-electron chi connectivity index (χ4n) is 1.36. The first-order valence-electron chi connectivity index (χ1n) is 4.14. The Morgan fingerprint density at radius 1 is 1.31 bits per heavy atom. The lowest BCUT2D eigenvalue weighted by Gasteiger charge is -2.09. The van der Waals surface area contributed by atoms with E-state index < -0.39 is 22.8 Å². The molecule has 0 unspecified atom stereocenters. The van der Waals surface area contributed by atoms with Crippen LogP contribution in [0.4, 0.5) is 13.2 Å². The van der Waals surface area contributed by atoms with Gasteiger partial charge in [0.05, 0.1) is 22.8 Å². The predicted octanol–water partition coefficient (Wildman–Crippen LogP) is 2.60. The standard InChI is InChI=1S/C9H4ClF3N2O/c10-4-1-5-7(14-3-15-8(5)16)6(2-4)9(11,12)13/h1-3H,(H,14,15,16). The van der Waals surface area contributed by atoms with Gasteiger partial charge in [-0.1, -0.05) is 11.6 Å². The quantitative estimate of drug-likeness (QED) is 0.779. The number of fused-ring (bicyclic) bond motifs is 1. The molecule has 2 rings (SSSR count). The molecule has 2 aromatic rings. The Bertz CT molecular complexity index is 606. The second-order valence-electron chi connectivity index (χ2n) is 3.08. The van der Waals surface area contributed by atoms with Crippen LogP contribution in [0, 0.1) is 0 Å². The predicted molar refractivity (Wildman–Crippen MR) is 52.4 cm³/mol. The van der Waals surface area contributed by atoms with E-state index in [1.54, 1.807) is 0 Å². The van der Waals surface area contributed by atoms with Gasteiger partial charge in [0.1, 0.15) is 0 Å². The minimum absolute atomic E-state index is 0.154. The number of H-pyrrole nitrogens is 1. The lowest BCUT2D eigenvalue weighted by Crippen LogP contribution is -2.12. The first kappa shape index (κ1) is 10.9. The molecule has 0 spiro atoms. The zero-order valence-electron chi connectivity index (χ0n) is 7.60. The van der Waals surface area contributed by atoms with Gasteiger partial charge >= 0.3 is 6.18 Å². The summed E-state index contributed by atoms with van der Waals surface area (Å²) >= 11 is 5.52. The molecule has 84 valence electrons. The van der Waals surface area contributed by atoms with Crippen LogP contribution in [0.1, 0.15) is 5.56 Å². The van der Waals surface area contributed by atoms with E-state index in [4.69, 9.17) is 11.6 Å². The fourth-order valence-corrected chi connectivity index (χ4v) is 1.58. The third-order valence-corrected chi connectivity index (χ3v) is 2.23. The van der Waals surface area contributed by atoms with E-state index in [2.05, 4.69) is 9.97 Å². The lowest BCUT2D eigenvalue weighted by atomic mass is 10.1. The van der Waals surface area contributed by atoms with Gasteiger partial charge in [-0.3, -0.25) is 4.79 Å². The van der Waals surface area contributed by atoms with Crippen molar-refractivity contribution < 1.29 is 13.2 Å². The van der Waals surface area contributed by atoms with Crippen LogP contribution in [-0.2, 0) is 6.18 Å². The second-order valence-corrected chi connectivity index (χ2v) is 3.52. The normalized spacial score (nSPS) is 12.0. The molecule has 0 fully saturated rings. The summed E-state index contributed by atoms with van der Waals surface area (Å²) < 4.78 is 37.9. The van der Waals surface area contributed by atoms with Crippen LogP contribution in [0.25, 0.3) is 10.9 Å². The molecule has 1 aromatic heterocycles. The zero-order chi connectivity index (χ0) is 11.9. The van der Waals surface area contributed by atoms with Gasteiger partial charge in [-0.15, -0.1) is 0 Å². The number of hydrogen-bond acceptors (Lipinski definition) is 2. The van der Waals surface area contributed by atoms with E-state index in [1.807, 2.05) is 0 Å². The third kappa shape index (κ3) is 1.76. The number of benzene rings is 1. The van der Waals surface area contributed by atoms with Crippen molar-refractivity contribution >= 4 is 22.5 Å². The number of nitrogens with zero attached hydrogens (tertiary/aromatic N) is 1. The number of hydrogen-bond donors (Lipinski definition) is 1.